The van der Waals surface area contributed by atoms with Gasteiger partial charge in [-0.1, -0.05) is 29.3 Å². The Bertz CT molecular complexity index is 773. The van der Waals surface area contributed by atoms with Gasteiger partial charge in [-0.3, -0.25) is 9.82 Å². The summed E-state index contributed by atoms with van der Waals surface area (Å²) in [5.74, 6) is -1.42. The maximum absolute atomic E-state index is 12.1. The Morgan fingerprint density at radius 2 is 2.05 bits per heavy atom. The average molecular weight is 336 g/mol. The number of aromatic carboxylic acids is 1. The number of hydrogen-bond acceptors (Lipinski definition) is 4. The highest BCUT2D eigenvalue weighted by atomic mass is 35.5. The molecule has 2 aromatic rings. The molecule has 2 rings (SSSR count). The van der Waals surface area contributed by atoms with Gasteiger partial charge in [-0.25, -0.2) is 4.79 Å². The molecule has 0 unspecified atom stereocenters. The summed E-state index contributed by atoms with van der Waals surface area (Å²) < 4.78 is 26.4. The minimum atomic E-state index is -4.18. The molecule has 0 bridgehead atoms. The summed E-state index contributed by atoms with van der Waals surface area (Å²) in [5.41, 5.74) is -0.444. The Morgan fingerprint density at radius 3 is 2.70 bits per heavy atom. The summed E-state index contributed by atoms with van der Waals surface area (Å²) in [6.07, 6.45) is 0.899. The molecule has 0 amide bonds. The number of carbonyl (C=O) groups is 1. The summed E-state index contributed by atoms with van der Waals surface area (Å²) in [5, 5.41) is 14.0. The van der Waals surface area contributed by atoms with E-state index in [-0.39, 0.29) is 15.7 Å². The van der Waals surface area contributed by atoms with Gasteiger partial charge in [0, 0.05) is 0 Å². The molecule has 106 valence electrons. The van der Waals surface area contributed by atoms with Crippen LogP contribution in [0.5, 0.6) is 0 Å². The van der Waals surface area contributed by atoms with Gasteiger partial charge < -0.3 is 5.11 Å². The minimum Gasteiger partial charge on any atom is -0.478 e. The molecular weight excluding hydrogens is 329 g/mol. The van der Waals surface area contributed by atoms with Crippen LogP contribution in [-0.2, 0) is 10.0 Å². The van der Waals surface area contributed by atoms with Gasteiger partial charge in [0.1, 0.15) is 5.56 Å². The van der Waals surface area contributed by atoms with Crippen LogP contribution in [0.1, 0.15) is 10.4 Å². The SMILES string of the molecule is O=C(O)c1cn[nH]c1S(=O)(=O)Nc1cccc(Cl)c1Cl. The van der Waals surface area contributed by atoms with E-state index in [2.05, 4.69) is 14.9 Å². The Labute approximate surface area is 123 Å². The van der Waals surface area contributed by atoms with Gasteiger partial charge in [-0.15, -0.1) is 0 Å². The number of anilines is 1. The van der Waals surface area contributed by atoms with Gasteiger partial charge in [-0.05, 0) is 12.1 Å². The monoisotopic (exact) mass is 335 g/mol. The molecule has 0 fully saturated rings. The van der Waals surface area contributed by atoms with Crippen LogP contribution in [0, 0.1) is 0 Å². The van der Waals surface area contributed by atoms with Crippen LogP contribution in [0.3, 0.4) is 0 Å². The summed E-state index contributed by atoms with van der Waals surface area (Å²) in [4.78, 5) is 10.9. The quantitative estimate of drug-likeness (QED) is 0.792. The second kappa shape index (κ2) is 5.31. The number of aromatic amines is 1. The third kappa shape index (κ3) is 2.72. The van der Waals surface area contributed by atoms with E-state index in [1.807, 2.05) is 0 Å². The van der Waals surface area contributed by atoms with Crippen molar-refractivity contribution in [3.05, 3.63) is 40.0 Å². The largest absolute Gasteiger partial charge is 0.478 e. The number of rotatable bonds is 4. The van der Waals surface area contributed by atoms with Crippen molar-refractivity contribution in [3.63, 3.8) is 0 Å². The van der Waals surface area contributed by atoms with Crippen LogP contribution in [0.25, 0.3) is 0 Å². The Hall–Kier alpha value is -1.77. The molecule has 0 aliphatic rings. The molecule has 0 radical (unpaired) electrons. The van der Waals surface area contributed by atoms with Crippen molar-refractivity contribution in [2.45, 2.75) is 5.03 Å². The summed E-state index contributed by atoms with van der Waals surface area (Å²) in [7, 11) is -4.18. The molecule has 10 heteroatoms. The Kier molecular flexibility index (Phi) is 3.89. The van der Waals surface area contributed by atoms with E-state index in [4.69, 9.17) is 28.3 Å². The zero-order valence-electron chi connectivity index (χ0n) is 9.59. The predicted molar refractivity (Wildman–Crippen MR) is 72.8 cm³/mol. The molecule has 0 atom stereocenters. The summed E-state index contributed by atoms with van der Waals surface area (Å²) >= 11 is 11.6. The van der Waals surface area contributed by atoms with Crippen LogP contribution in [-0.4, -0.2) is 29.7 Å². The molecule has 0 aliphatic heterocycles. The van der Waals surface area contributed by atoms with Crippen LogP contribution in [0.15, 0.2) is 29.4 Å². The number of nitrogens with zero attached hydrogens (tertiary/aromatic N) is 1. The minimum absolute atomic E-state index is 0.00846. The van der Waals surface area contributed by atoms with Crippen LogP contribution in [0.2, 0.25) is 10.0 Å². The highest BCUT2D eigenvalue weighted by Gasteiger charge is 2.25. The van der Waals surface area contributed by atoms with Gasteiger partial charge in [-0.2, -0.15) is 13.5 Å². The van der Waals surface area contributed by atoms with Gasteiger partial charge in [0.2, 0.25) is 0 Å². The maximum atomic E-state index is 12.1. The lowest BCUT2D eigenvalue weighted by molar-refractivity contribution is 0.0692. The fourth-order valence-corrected chi connectivity index (χ4v) is 2.98. The fraction of sp³-hybridized carbons (Fsp3) is 0. The van der Waals surface area contributed by atoms with Crippen molar-refractivity contribution in [2.24, 2.45) is 0 Å². The van der Waals surface area contributed by atoms with E-state index >= 15 is 0 Å². The number of aromatic nitrogens is 2. The lowest BCUT2D eigenvalue weighted by Gasteiger charge is -2.09. The van der Waals surface area contributed by atoms with Crippen LogP contribution < -0.4 is 4.72 Å². The Morgan fingerprint density at radius 1 is 1.35 bits per heavy atom. The van der Waals surface area contributed by atoms with Crippen molar-refractivity contribution >= 4 is 44.9 Å². The lowest BCUT2D eigenvalue weighted by atomic mass is 10.3. The number of hydrogen-bond donors (Lipinski definition) is 3. The highest BCUT2D eigenvalue weighted by molar-refractivity contribution is 7.92. The molecule has 0 saturated carbocycles. The second-order valence-corrected chi connectivity index (χ2v) is 6.03. The molecule has 1 heterocycles. The number of H-pyrrole nitrogens is 1. The third-order valence-corrected chi connectivity index (χ3v) is 4.46. The first kappa shape index (κ1) is 14.6. The van der Waals surface area contributed by atoms with Crippen molar-refractivity contribution < 1.29 is 18.3 Å². The van der Waals surface area contributed by atoms with Crippen molar-refractivity contribution in [3.8, 4) is 0 Å². The summed E-state index contributed by atoms with van der Waals surface area (Å²) in [6.45, 7) is 0. The molecule has 7 nitrogen and oxygen atoms in total. The van der Waals surface area contributed by atoms with Crippen LogP contribution in [0.4, 0.5) is 5.69 Å². The normalized spacial score (nSPS) is 11.3. The molecule has 1 aromatic carbocycles. The van der Waals surface area contributed by atoms with E-state index in [9.17, 15) is 13.2 Å². The number of benzene rings is 1. The van der Waals surface area contributed by atoms with E-state index in [0.717, 1.165) is 6.20 Å². The molecule has 0 aliphatic carbocycles. The van der Waals surface area contributed by atoms with Gasteiger partial charge in [0.15, 0.2) is 5.03 Å². The molecule has 3 N–H and O–H groups in total. The molecule has 1 aromatic heterocycles. The number of carboxylic acid groups (broad SMARTS) is 1. The average Bonchev–Trinajstić information content (AvgIpc) is 2.85. The molecule has 0 saturated heterocycles. The number of nitrogens with one attached hydrogen (secondary N) is 2. The number of halogens is 2. The van der Waals surface area contributed by atoms with Gasteiger partial charge >= 0.3 is 5.97 Å². The first-order valence-corrected chi connectivity index (χ1v) is 7.30. The predicted octanol–water partition coefficient (Wildman–Crippen LogP) is 2.22. The van der Waals surface area contributed by atoms with E-state index in [1.54, 1.807) is 0 Å². The van der Waals surface area contributed by atoms with Gasteiger partial charge in [0.05, 0.1) is 21.9 Å². The maximum Gasteiger partial charge on any atom is 0.340 e. The van der Waals surface area contributed by atoms with E-state index < -0.39 is 26.6 Å². The van der Waals surface area contributed by atoms with Gasteiger partial charge in [0.25, 0.3) is 10.0 Å². The zero-order chi connectivity index (χ0) is 14.9. The Balaban J connectivity index is 2.44. The molecule has 20 heavy (non-hydrogen) atoms. The number of carboxylic acids is 1. The van der Waals surface area contributed by atoms with E-state index in [1.165, 1.54) is 18.2 Å². The first-order chi connectivity index (χ1) is 9.33. The second-order valence-electron chi connectivity index (χ2n) is 3.62. The van der Waals surface area contributed by atoms with Crippen molar-refractivity contribution in [1.29, 1.82) is 0 Å². The summed E-state index contributed by atoms with van der Waals surface area (Å²) in [6, 6.07) is 4.38. The highest BCUT2D eigenvalue weighted by Crippen LogP contribution is 2.31. The van der Waals surface area contributed by atoms with Crippen LogP contribution >= 0.6 is 23.2 Å². The first-order valence-electron chi connectivity index (χ1n) is 5.06. The van der Waals surface area contributed by atoms with Crippen molar-refractivity contribution in [2.75, 3.05) is 4.72 Å². The molecular formula is C10H7Cl2N3O4S. The third-order valence-electron chi connectivity index (χ3n) is 2.30. The molecule has 0 spiro atoms. The zero-order valence-corrected chi connectivity index (χ0v) is 11.9. The standard InChI is InChI=1S/C10H7Cl2N3O4S/c11-6-2-1-3-7(8(6)12)15-20(18,19)9-5(10(16)17)4-13-14-9/h1-4,15H,(H,13,14)(H,16,17). The lowest BCUT2D eigenvalue weighted by Crippen LogP contribution is -2.17. The van der Waals surface area contributed by atoms with Crippen molar-refractivity contribution in [1.82, 2.24) is 10.2 Å². The fourth-order valence-electron chi connectivity index (χ4n) is 1.41. The topological polar surface area (TPSA) is 112 Å². The smallest absolute Gasteiger partial charge is 0.340 e. The van der Waals surface area contributed by atoms with E-state index in [0.29, 0.717) is 0 Å². The number of sulfonamides is 1.